The number of methoxy groups -OCH3 is 1. The van der Waals surface area contributed by atoms with E-state index in [1.165, 1.54) is 4.90 Å². The lowest BCUT2D eigenvalue weighted by Crippen LogP contribution is -2.41. The van der Waals surface area contributed by atoms with Crippen molar-refractivity contribution in [2.24, 2.45) is 0 Å². The molecule has 0 aliphatic heterocycles. The van der Waals surface area contributed by atoms with Gasteiger partial charge in [-0.3, -0.25) is 9.10 Å². The molecule has 0 heterocycles. The van der Waals surface area contributed by atoms with E-state index in [0.717, 1.165) is 21.9 Å². The zero-order chi connectivity index (χ0) is 20.2. The van der Waals surface area contributed by atoms with Crippen LogP contribution in [0.3, 0.4) is 0 Å². The highest BCUT2D eigenvalue weighted by molar-refractivity contribution is 7.92. The van der Waals surface area contributed by atoms with Gasteiger partial charge >= 0.3 is 0 Å². The van der Waals surface area contributed by atoms with E-state index < -0.39 is 10.0 Å². The number of nitrogens with zero attached hydrogens (tertiary/aromatic N) is 2. The van der Waals surface area contributed by atoms with Crippen LogP contribution < -0.4 is 9.04 Å². The predicted molar refractivity (Wildman–Crippen MR) is 108 cm³/mol. The van der Waals surface area contributed by atoms with Gasteiger partial charge in [-0.15, -0.1) is 0 Å². The maximum atomic E-state index is 12.7. The number of halogens is 1. The molecule has 0 atom stereocenters. The van der Waals surface area contributed by atoms with Crippen LogP contribution in [0.5, 0.6) is 5.75 Å². The zero-order valence-electron chi connectivity index (χ0n) is 15.8. The molecule has 0 aromatic heterocycles. The highest BCUT2D eigenvalue weighted by atomic mass is 35.5. The van der Waals surface area contributed by atoms with Crippen molar-refractivity contribution in [3.63, 3.8) is 0 Å². The molecular weight excluding hydrogens is 388 g/mol. The van der Waals surface area contributed by atoms with Crippen LogP contribution in [0.2, 0.25) is 5.02 Å². The summed E-state index contributed by atoms with van der Waals surface area (Å²) in [5.41, 5.74) is 1.92. The third-order valence-corrected chi connectivity index (χ3v) is 5.73. The summed E-state index contributed by atoms with van der Waals surface area (Å²) < 4.78 is 30.8. The van der Waals surface area contributed by atoms with Crippen molar-refractivity contribution in [3.8, 4) is 5.75 Å². The largest absolute Gasteiger partial charge is 0.497 e. The van der Waals surface area contributed by atoms with Gasteiger partial charge in [0.2, 0.25) is 15.9 Å². The van der Waals surface area contributed by atoms with Crippen LogP contribution >= 0.6 is 11.6 Å². The van der Waals surface area contributed by atoms with Gasteiger partial charge in [-0.05, 0) is 42.3 Å². The van der Waals surface area contributed by atoms with Crippen molar-refractivity contribution < 1.29 is 17.9 Å². The SMILES string of the molecule is COc1ccc(CN(C)C(=O)CN(c2cccc(Cl)c2C)S(C)(=O)=O)cc1. The lowest BCUT2D eigenvalue weighted by Gasteiger charge is -2.26. The Morgan fingerprint density at radius 3 is 2.33 bits per heavy atom. The highest BCUT2D eigenvalue weighted by Crippen LogP contribution is 2.28. The highest BCUT2D eigenvalue weighted by Gasteiger charge is 2.24. The summed E-state index contributed by atoms with van der Waals surface area (Å²) in [6.07, 6.45) is 1.07. The summed E-state index contributed by atoms with van der Waals surface area (Å²) in [4.78, 5) is 14.1. The predicted octanol–water partition coefficient (Wildman–Crippen LogP) is 3.08. The van der Waals surface area contributed by atoms with E-state index in [1.54, 1.807) is 39.3 Å². The minimum Gasteiger partial charge on any atom is -0.497 e. The summed E-state index contributed by atoms with van der Waals surface area (Å²) >= 11 is 6.11. The van der Waals surface area contributed by atoms with E-state index in [1.807, 2.05) is 24.3 Å². The van der Waals surface area contributed by atoms with Crippen molar-refractivity contribution in [3.05, 3.63) is 58.6 Å². The number of sulfonamides is 1. The standard InChI is InChI=1S/C19H23ClN2O4S/c1-14-17(20)6-5-7-18(14)22(27(4,24)25)13-19(23)21(2)12-15-8-10-16(26-3)11-9-15/h5-11H,12-13H2,1-4H3. The first-order chi connectivity index (χ1) is 12.6. The monoisotopic (exact) mass is 410 g/mol. The Morgan fingerprint density at radius 1 is 1.15 bits per heavy atom. The fraction of sp³-hybridized carbons (Fsp3) is 0.316. The fourth-order valence-corrected chi connectivity index (χ4v) is 3.65. The Balaban J connectivity index is 2.19. The summed E-state index contributed by atoms with van der Waals surface area (Å²) in [6.45, 7) is 1.78. The lowest BCUT2D eigenvalue weighted by atomic mass is 10.2. The Kier molecular flexibility index (Phi) is 6.73. The molecule has 146 valence electrons. The van der Waals surface area contributed by atoms with Gasteiger partial charge in [-0.2, -0.15) is 0 Å². The normalized spacial score (nSPS) is 11.1. The maximum absolute atomic E-state index is 12.7. The van der Waals surface area contributed by atoms with Gasteiger partial charge in [0, 0.05) is 18.6 Å². The Hall–Kier alpha value is -2.25. The molecule has 0 aliphatic rings. The van der Waals surface area contributed by atoms with Gasteiger partial charge in [0.1, 0.15) is 12.3 Å². The molecule has 2 aromatic rings. The second-order valence-electron chi connectivity index (χ2n) is 6.25. The van der Waals surface area contributed by atoms with Gasteiger partial charge in [-0.1, -0.05) is 29.8 Å². The molecule has 2 aromatic carbocycles. The molecule has 0 radical (unpaired) electrons. The van der Waals surface area contributed by atoms with Crippen LogP contribution in [0.4, 0.5) is 5.69 Å². The number of carbonyl (C=O) groups excluding carboxylic acids is 1. The van der Waals surface area contributed by atoms with Crippen molar-refractivity contribution in [1.82, 2.24) is 4.90 Å². The van der Waals surface area contributed by atoms with Crippen molar-refractivity contribution in [2.75, 3.05) is 31.3 Å². The number of rotatable bonds is 7. The van der Waals surface area contributed by atoms with Crippen LogP contribution in [-0.4, -0.2) is 46.2 Å². The number of anilines is 1. The molecule has 0 saturated heterocycles. The van der Waals surface area contributed by atoms with E-state index >= 15 is 0 Å². The number of carbonyl (C=O) groups is 1. The average molecular weight is 411 g/mol. The average Bonchev–Trinajstić information content (AvgIpc) is 2.62. The van der Waals surface area contributed by atoms with Gasteiger partial charge in [0.05, 0.1) is 19.1 Å². The summed E-state index contributed by atoms with van der Waals surface area (Å²) in [5.74, 6) is 0.406. The summed E-state index contributed by atoms with van der Waals surface area (Å²) in [5, 5.41) is 0.445. The van der Waals surface area contributed by atoms with Crippen LogP contribution in [0, 0.1) is 6.92 Å². The third kappa shape index (κ3) is 5.37. The second kappa shape index (κ2) is 8.63. The molecule has 0 N–H and O–H groups in total. The summed E-state index contributed by atoms with van der Waals surface area (Å²) in [6, 6.07) is 12.3. The first-order valence-electron chi connectivity index (χ1n) is 8.23. The number of hydrogen-bond donors (Lipinski definition) is 0. The molecule has 1 amide bonds. The first kappa shape index (κ1) is 21.1. The van der Waals surface area contributed by atoms with Gasteiger partial charge in [0.15, 0.2) is 0 Å². The number of hydrogen-bond acceptors (Lipinski definition) is 4. The van der Waals surface area contributed by atoms with Crippen molar-refractivity contribution in [2.45, 2.75) is 13.5 Å². The van der Waals surface area contributed by atoms with Crippen molar-refractivity contribution in [1.29, 1.82) is 0 Å². The van der Waals surface area contributed by atoms with Crippen LogP contribution in [0.15, 0.2) is 42.5 Å². The molecule has 0 aliphatic carbocycles. The smallest absolute Gasteiger partial charge is 0.243 e. The molecule has 6 nitrogen and oxygen atoms in total. The van der Waals surface area contributed by atoms with E-state index in [0.29, 0.717) is 22.8 Å². The molecular formula is C19H23ClN2O4S. The van der Waals surface area contributed by atoms with Crippen molar-refractivity contribution >= 4 is 33.2 Å². The fourth-order valence-electron chi connectivity index (χ4n) is 2.58. The molecule has 27 heavy (non-hydrogen) atoms. The number of amides is 1. The van der Waals surface area contributed by atoms with Gasteiger partial charge in [-0.25, -0.2) is 8.42 Å². The van der Waals surface area contributed by atoms with Gasteiger partial charge < -0.3 is 9.64 Å². The third-order valence-electron chi connectivity index (χ3n) is 4.19. The maximum Gasteiger partial charge on any atom is 0.243 e. The molecule has 0 unspecified atom stereocenters. The quantitative estimate of drug-likeness (QED) is 0.703. The Labute approximate surface area is 165 Å². The molecule has 0 spiro atoms. The van der Waals surface area contributed by atoms with E-state index in [-0.39, 0.29) is 12.5 Å². The zero-order valence-corrected chi connectivity index (χ0v) is 17.3. The first-order valence-corrected chi connectivity index (χ1v) is 10.5. The number of likely N-dealkylation sites (N-methyl/N-ethyl adjacent to an activating group) is 1. The van der Waals surface area contributed by atoms with Crippen LogP contribution in [0.25, 0.3) is 0 Å². The van der Waals surface area contributed by atoms with E-state index in [9.17, 15) is 13.2 Å². The molecule has 8 heteroatoms. The molecule has 0 fully saturated rings. The Bertz CT molecular complexity index is 914. The minimum atomic E-state index is -3.66. The van der Waals surface area contributed by atoms with Crippen LogP contribution in [0.1, 0.15) is 11.1 Å². The minimum absolute atomic E-state index is 0.299. The Morgan fingerprint density at radius 2 is 1.78 bits per heavy atom. The van der Waals surface area contributed by atoms with Crippen LogP contribution in [-0.2, 0) is 21.4 Å². The lowest BCUT2D eigenvalue weighted by molar-refractivity contribution is -0.128. The van der Waals surface area contributed by atoms with E-state index in [2.05, 4.69) is 0 Å². The molecule has 0 saturated carbocycles. The second-order valence-corrected chi connectivity index (χ2v) is 8.57. The molecule has 0 bridgehead atoms. The van der Waals surface area contributed by atoms with Gasteiger partial charge in [0.25, 0.3) is 0 Å². The molecule has 2 rings (SSSR count). The topological polar surface area (TPSA) is 66.9 Å². The number of ether oxygens (including phenoxy) is 1. The number of benzene rings is 2. The summed E-state index contributed by atoms with van der Waals surface area (Å²) in [7, 11) is -0.435. The van der Waals surface area contributed by atoms with E-state index in [4.69, 9.17) is 16.3 Å².